The monoisotopic (exact) mass is 403 g/mol. The Morgan fingerprint density at radius 2 is 1.83 bits per heavy atom. The fourth-order valence-corrected chi connectivity index (χ4v) is 3.13. The van der Waals surface area contributed by atoms with Crippen LogP contribution >= 0.6 is 11.6 Å². The maximum absolute atomic E-state index is 12.1. The van der Waals surface area contributed by atoms with Crippen molar-refractivity contribution in [3.63, 3.8) is 0 Å². The summed E-state index contributed by atoms with van der Waals surface area (Å²) < 4.78 is 11.1. The highest BCUT2D eigenvalue weighted by Crippen LogP contribution is 2.22. The van der Waals surface area contributed by atoms with Gasteiger partial charge < -0.3 is 9.47 Å². The van der Waals surface area contributed by atoms with E-state index >= 15 is 0 Å². The maximum Gasteiger partial charge on any atom is 0.363 e. The van der Waals surface area contributed by atoms with Gasteiger partial charge >= 0.3 is 5.97 Å². The molecule has 0 atom stereocenters. The Bertz CT molecular complexity index is 1120. The van der Waals surface area contributed by atoms with Crippen LogP contribution in [0.4, 0.5) is 0 Å². The predicted octanol–water partition coefficient (Wildman–Crippen LogP) is 5.57. The van der Waals surface area contributed by atoms with Crippen LogP contribution < -0.4 is 4.74 Å². The molecule has 144 valence electrons. The molecule has 3 aromatic rings. The Morgan fingerprint density at radius 3 is 2.59 bits per heavy atom. The number of aliphatic imine (C=N–C) groups is 1. The van der Waals surface area contributed by atoms with Gasteiger partial charge in [0, 0.05) is 10.6 Å². The number of hydrogen-bond donors (Lipinski definition) is 0. The van der Waals surface area contributed by atoms with E-state index < -0.39 is 5.97 Å². The molecule has 4 rings (SSSR count). The van der Waals surface area contributed by atoms with Crippen LogP contribution in [0.2, 0.25) is 5.02 Å². The summed E-state index contributed by atoms with van der Waals surface area (Å²) in [5.74, 6) is 0.521. The van der Waals surface area contributed by atoms with Crippen molar-refractivity contribution < 1.29 is 14.3 Å². The van der Waals surface area contributed by atoms with Crippen molar-refractivity contribution in [1.29, 1.82) is 0 Å². The van der Waals surface area contributed by atoms with Crippen LogP contribution in [-0.4, -0.2) is 11.9 Å². The lowest BCUT2D eigenvalue weighted by molar-refractivity contribution is -0.129. The first-order valence-electron chi connectivity index (χ1n) is 9.14. The summed E-state index contributed by atoms with van der Waals surface area (Å²) in [7, 11) is 0. The number of nitrogens with zero attached hydrogens (tertiary/aromatic N) is 1. The molecule has 0 saturated carbocycles. The minimum Gasteiger partial charge on any atom is -0.489 e. The van der Waals surface area contributed by atoms with Crippen LogP contribution in [0, 0.1) is 6.92 Å². The Morgan fingerprint density at radius 1 is 1.03 bits per heavy atom. The predicted molar refractivity (Wildman–Crippen MR) is 114 cm³/mol. The zero-order chi connectivity index (χ0) is 20.2. The lowest BCUT2D eigenvalue weighted by atomic mass is 10.1. The summed E-state index contributed by atoms with van der Waals surface area (Å²) in [6, 6.07) is 22.7. The van der Waals surface area contributed by atoms with Gasteiger partial charge in [-0.1, -0.05) is 59.6 Å². The van der Waals surface area contributed by atoms with Gasteiger partial charge in [0.05, 0.1) is 0 Å². The van der Waals surface area contributed by atoms with Crippen molar-refractivity contribution in [2.24, 2.45) is 4.99 Å². The molecule has 0 amide bonds. The van der Waals surface area contributed by atoms with Crippen molar-refractivity contribution in [3.05, 3.63) is 106 Å². The number of hydrogen-bond acceptors (Lipinski definition) is 4. The van der Waals surface area contributed by atoms with Gasteiger partial charge in [-0.25, -0.2) is 9.79 Å². The lowest BCUT2D eigenvalue weighted by Gasteiger charge is -2.07. The maximum atomic E-state index is 12.1. The molecule has 0 bridgehead atoms. The van der Waals surface area contributed by atoms with E-state index in [9.17, 15) is 4.79 Å². The molecule has 1 heterocycles. The summed E-state index contributed by atoms with van der Waals surface area (Å²) in [5.41, 5.74) is 4.06. The molecule has 29 heavy (non-hydrogen) atoms. The molecular formula is C24H18ClNO3. The second kappa shape index (κ2) is 8.33. The van der Waals surface area contributed by atoms with Crippen molar-refractivity contribution >= 4 is 29.5 Å². The van der Waals surface area contributed by atoms with Gasteiger partial charge in [0.25, 0.3) is 0 Å². The third-order valence-corrected chi connectivity index (χ3v) is 4.60. The lowest BCUT2D eigenvalue weighted by Crippen LogP contribution is -2.05. The summed E-state index contributed by atoms with van der Waals surface area (Å²) in [4.78, 5) is 16.4. The standard InChI is InChI=1S/C24H18ClNO3/c1-16-4-2-5-18(12-16)15-28-21-10-8-17(9-11-21)13-22-24(27)29-23(26-22)19-6-3-7-20(25)14-19/h2-14H,15H2,1H3/b22-13-. The minimum atomic E-state index is -0.486. The van der Waals surface area contributed by atoms with Gasteiger partial charge in [0.2, 0.25) is 5.90 Å². The van der Waals surface area contributed by atoms with Crippen LogP contribution in [0.5, 0.6) is 5.75 Å². The highest BCUT2D eigenvalue weighted by Gasteiger charge is 2.24. The number of rotatable bonds is 5. The van der Waals surface area contributed by atoms with Crippen LogP contribution in [-0.2, 0) is 16.1 Å². The van der Waals surface area contributed by atoms with E-state index in [-0.39, 0.29) is 11.6 Å². The van der Waals surface area contributed by atoms with Crippen LogP contribution in [0.15, 0.2) is 83.5 Å². The summed E-state index contributed by atoms with van der Waals surface area (Å²) in [5, 5.41) is 0.555. The third kappa shape index (κ3) is 4.73. The van der Waals surface area contributed by atoms with Crippen LogP contribution in [0.1, 0.15) is 22.3 Å². The summed E-state index contributed by atoms with van der Waals surface area (Å²) in [6.07, 6.45) is 1.68. The normalized spacial score (nSPS) is 14.6. The molecule has 0 aliphatic carbocycles. The highest BCUT2D eigenvalue weighted by atomic mass is 35.5. The minimum absolute atomic E-state index is 0.244. The molecule has 0 N–H and O–H groups in total. The smallest absolute Gasteiger partial charge is 0.363 e. The molecule has 0 saturated heterocycles. The Hall–Kier alpha value is -3.37. The van der Waals surface area contributed by atoms with E-state index in [2.05, 4.69) is 24.0 Å². The Balaban J connectivity index is 1.46. The highest BCUT2D eigenvalue weighted by molar-refractivity contribution is 6.31. The number of carbonyl (C=O) groups excluding carboxylic acids is 1. The number of cyclic esters (lactones) is 1. The second-order valence-electron chi connectivity index (χ2n) is 6.69. The van der Waals surface area contributed by atoms with Gasteiger partial charge in [-0.05, 0) is 54.5 Å². The molecule has 0 radical (unpaired) electrons. The van der Waals surface area contributed by atoms with E-state index in [1.54, 1.807) is 30.3 Å². The zero-order valence-electron chi connectivity index (χ0n) is 15.8. The van der Waals surface area contributed by atoms with Gasteiger partial charge in [-0.2, -0.15) is 0 Å². The van der Waals surface area contributed by atoms with Crippen molar-refractivity contribution in [2.45, 2.75) is 13.5 Å². The number of esters is 1. The number of ether oxygens (including phenoxy) is 2. The molecule has 0 unspecified atom stereocenters. The van der Waals surface area contributed by atoms with E-state index in [0.717, 1.165) is 16.9 Å². The zero-order valence-corrected chi connectivity index (χ0v) is 16.5. The molecular weight excluding hydrogens is 386 g/mol. The Kier molecular flexibility index (Phi) is 5.45. The van der Waals surface area contributed by atoms with Crippen molar-refractivity contribution in [1.82, 2.24) is 0 Å². The van der Waals surface area contributed by atoms with Crippen LogP contribution in [0.3, 0.4) is 0 Å². The van der Waals surface area contributed by atoms with Gasteiger partial charge in [-0.15, -0.1) is 0 Å². The molecule has 1 aliphatic rings. The molecule has 1 aliphatic heterocycles. The number of aryl methyl sites for hydroxylation is 1. The molecule has 5 heteroatoms. The fraction of sp³-hybridized carbons (Fsp3) is 0.0833. The number of benzene rings is 3. The first-order chi connectivity index (χ1) is 14.1. The second-order valence-corrected chi connectivity index (χ2v) is 7.13. The van der Waals surface area contributed by atoms with E-state index in [1.165, 1.54) is 5.56 Å². The van der Waals surface area contributed by atoms with Crippen molar-refractivity contribution in [2.75, 3.05) is 0 Å². The van der Waals surface area contributed by atoms with Crippen LogP contribution in [0.25, 0.3) is 6.08 Å². The van der Waals surface area contributed by atoms with Gasteiger partial charge in [-0.3, -0.25) is 0 Å². The first kappa shape index (κ1) is 19.0. The topological polar surface area (TPSA) is 47.9 Å². The SMILES string of the molecule is Cc1cccc(COc2ccc(/C=C3\N=C(c4cccc(Cl)c4)OC3=O)cc2)c1. The van der Waals surface area contributed by atoms with E-state index in [4.69, 9.17) is 21.1 Å². The third-order valence-electron chi connectivity index (χ3n) is 4.36. The van der Waals surface area contributed by atoms with Gasteiger partial charge in [0.15, 0.2) is 5.70 Å². The number of halogens is 1. The molecule has 4 nitrogen and oxygen atoms in total. The van der Waals surface area contributed by atoms with Gasteiger partial charge in [0.1, 0.15) is 12.4 Å². The molecule has 0 spiro atoms. The van der Waals surface area contributed by atoms with Crippen molar-refractivity contribution in [3.8, 4) is 5.75 Å². The summed E-state index contributed by atoms with van der Waals surface area (Å²) >= 11 is 5.99. The van der Waals surface area contributed by atoms with E-state index in [1.807, 2.05) is 36.4 Å². The first-order valence-corrected chi connectivity index (χ1v) is 9.51. The average Bonchev–Trinajstić information content (AvgIpc) is 3.08. The largest absolute Gasteiger partial charge is 0.489 e. The average molecular weight is 404 g/mol. The molecule has 3 aromatic carbocycles. The Labute approximate surface area is 174 Å². The summed E-state index contributed by atoms with van der Waals surface area (Å²) in [6.45, 7) is 2.56. The fourth-order valence-electron chi connectivity index (χ4n) is 2.94. The molecule has 0 aromatic heterocycles. The van der Waals surface area contributed by atoms with E-state index in [0.29, 0.717) is 17.2 Å². The quantitative estimate of drug-likeness (QED) is 0.413. The number of carbonyl (C=O) groups is 1. The molecule has 0 fully saturated rings.